The van der Waals surface area contributed by atoms with Gasteiger partial charge in [0.2, 0.25) is 10.7 Å². The lowest BCUT2D eigenvalue weighted by Crippen LogP contribution is -2.42. The van der Waals surface area contributed by atoms with Gasteiger partial charge in [0.25, 0.3) is 0 Å². The predicted molar refractivity (Wildman–Crippen MR) is 110 cm³/mol. The van der Waals surface area contributed by atoms with E-state index < -0.39 is 12.1 Å². The van der Waals surface area contributed by atoms with Crippen LogP contribution in [0.1, 0.15) is 18.4 Å². The molecule has 10 heteroatoms. The van der Waals surface area contributed by atoms with E-state index in [0.29, 0.717) is 50.6 Å². The van der Waals surface area contributed by atoms with E-state index in [2.05, 4.69) is 4.90 Å². The van der Waals surface area contributed by atoms with Crippen molar-refractivity contribution in [3.8, 4) is 0 Å². The molecule has 30 heavy (non-hydrogen) atoms. The lowest BCUT2D eigenvalue weighted by Gasteiger charge is -2.33. The normalized spacial score (nSPS) is 21.2. The summed E-state index contributed by atoms with van der Waals surface area (Å²) in [5.74, 6) is -0.540. The number of alkyl halides is 3. The number of morpholine rings is 1. The van der Waals surface area contributed by atoms with Crippen molar-refractivity contribution in [1.82, 2.24) is 19.2 Å². The van der Waals surface area contributed by atoms with Gasteiger partial charge in [0.15, 0.2) is 0 Å². The van der Waals surface area contributed by atoms with Crippen molar-refractivity contribution in [3.63, 3.8) is 0 Å². The van der Waals surface area contributed by atoms with Crippen LogP contribution < -0.4 is 4.90 Å². The number of benzene rings is 1. The van der Waals surface area contributed by atoms with E-state index >= 15 is 0 Å². The van der Waals surface area contributed by atoms with E-state index in [1.807, 2.05) is 34.9 Å². The Hall–Kier alpha value is -1.91. The summed E-state index contributed by atoms with van der Waals surface area (Å²) in [4.78, 5) is 3.94. The number of anilines is 1. The molecule has 164 valence electrons. The van der Waals surface area contributed by atoms with Crippen LogP contribution in [0.3, 0.4) is 0 Å². The molecular weight excluding hydrogens is 415 g/mol. The Morgan fingerprint density at radius 2 is 1.83 bits per heavy atom. The van der Waals surface area contributed by atoms with E-state index in [4.69, 9.17) is 22.1 Å². The molecule has 2 aromatic rings. The molecule has 0 spiro atoms. The monoisotopic (exact) mass is 441 g/mol. The zero-order valence-electron chi connectivity index (χ0n) is 16.7. The Balaban J connectivity index is 1.59. The van der Waals surface area contributed by atoms with E-state index in [-0.39, 0.29) is 19.6 Å². The number of nitrogens with zero attached hydrogens (tertiary/aromatic N) is 5. The average Bonchev–Trinajstić information content (AvgIpc) is 3.04. The zero-order valence-corrected chi connectivity index (χ0v) is 17.5. The second kappa shape index (κ2) is 9.07. The van der Waals surface area contributed by atoms with Crippen molar-refractivity contribution in [1.29, 1.82) is 0 Å². The number of piperidine rings is 1. The van der Waals surface area contributed by atoms with Crippen LogP contribution >= 0.6 is 12.2 Å². The molecule has 0 saturated carbocycles. The minimum absolute atomic E-state index is 0.0102. The molecule has 0 N–H and O–H groups in total. The van der Waals surface area contributed by atoms with Gasteiger partial charge in [0, 0.05) is 19.6 Å². The van der Waals surface area contributed by atoms with E-state index in [0.717, 1.165) is 11.5 Å². The van der Waals surface area contributed by atoms with Gasteiger partial charge >= 0.3 is 6.18 Å². The van der Waals surface area contributed by atoms with Gasteiger partial charge in [-0.05, 0) is 37.2 Å². The maximum absolute atomic E-state index is 13.2. The molecule has 0 aliphatic carbocycles. The summed E-state index contributed by atoms with van der Waals surface area (Å²) in [5, 5.41) is 4.73. The standard InChI is InChI=1S/C20H26F3N5OS/c21-20(22,23)17-7-4-8-25(14-17)15-28-19(30)27(13-16-5-2-1-3-6-16)18(24-28)26-9-11-29-12-10-26/h1-3,5-6,17H,4,7-15H2/t17-/m0/s1. The average molecular weight is 442 g/mol. The van der Waals surface area contributed by atoms with Crippen LogP contribution in [0.25, 0.3) is 0 Å². The van der Waals surface area contributed by atoms with Gasteiger partial charge in [-0.25, -0.2) is 4.68 Å². The number of hydrogen-bond donors (Lipinski definition) is 0. The third kappa shape index (κ3) is 4.87. The van der Waals surface area contributed by atoms with Crippen molar-refractivity contribution in [2.24, 2.45) is 5.92 Å². The summed E-state index contributed by atoms with van der Waals surface area (Å²) < 4.78 is 49.2. The highest BCUT2D eigenvalue weighted by molar-refractivity contribution is 7.71. The molecule has 1 atom stereocenters. The predicted octanol–water partition coefficient (Wildman–Crippen LogP) is 3.53. The smallest absolute Gasteiger partial charge is 0.378 e. The van der Waals surface area contributed by atoms with Gasteiger partial charge in [-0.3, -0.25) is 9.47 Å². The largest absolute Gasteiger partial charge is 0.393 e. The van der Waals surface area contributed by atoms with Gasteiger partial charge < -0.3 is 9.64 Å². The van der Waals surface area contributed by atoms with Crippen LogP contribution in [-0.4, -0.2) is 64.8 Å². The zero-order chi connectivity index (χ0) is 21.1. The molecule has 2 aliphatic rings. The van der Waals surface area contributed by atoms with Crippen molar-refractivity contribution >= 4 is 18.2 Å². The van der Waals surface area contributed by atoms with Crippen LogP contribution in [-0.2, 0) is 18.0 Å². The fourth-order valence-corrected chi connectivity index (χ4v) is 4.31. The van der Waals surface area contributed by atoms with Crippen LogP contribution in [0.2, 0.25) is 0 Å². The van der Waals surface area contributed by atoms with Crippen LogP contribution in [0, 0.1) is 10.7 Å². The summed E-state index contributed by atoms with van der Waals surface area (Å²) >= 11 is 5.71. The lowest BCUT2D eigenvalue weighted by atomic mass is 9.98. The van der Waals surface area contributed by atoms with Crippen molar-refractivity contribution in [2.45, 2.75) is 32.2 Å². The summed E-state index contributed by atoms with van der Waals surface area (Å²) in [6.07, 6.45) is -3.45. The third-order valence-corrected chi connectivity index (χ3v) is 6.11. The van der Waals surface area contributed by atoms with E-state index in [9.17, 15) is 13.2 Å². The van der Waals surface area contributed by atoms with E-state index in [1.54, 1.807) is 9.58 Å². The molecule has 1 aromatic heterocycles. The molecule has 6 nitrogen and oxygen atoms in total. The number of rotatable bonds is 5. The Morgan fingerprint density at radius 3 is 2.53 bits per heavy atom. The molecule has 2 aliphatic heterocycles. The number of hydrogen-bond acceptors (Lipinski definition) is 5. The highest BCUT2D eigenvalue weighted by Crippen LogP contribution is 2.33. The van der Waals surface area contributed by atoms with Gasteiger partial charge in [-0.1, -0.05) is 30.3 Å². The summed E-state index contributed by atoms with van der Waals surface area (Å²) in [6, 6.07) is 9.97. The summed E-state index contributed by atoms with van der Waals surface area (Å²) in [5.41, 5.74) is 1.10. The highest BCUT2D eigenvalue weighted by atomic mass is 32.1. The maximum Gasteiger partial charge on any atom is 0.393 e. The molecule has 4 rings (SSSR count). The lowest BCUT2D eigenvalue weighted by molar-refractivity contribution is -0.188. The first kappa shape index (κ1) is 21.3. The van der Waals surface area contributed by atoms with Crippen LogP contribution in [0.5, 0.6) is 0 Å². The minimum atomic E-state index is -4.16. The Morgan fingerprint density at radius 1 is 1.10 bits per heavy atom. The second-order valence-corrected chi connectivity index (χ2v) is 8.22. The Labute approximate surface area is 178 Å². The van der Waals surface area contributed by atoms with Crippen LogP contribution in [0.15, 0.2) is 30.3 Å². The van der Waals surface area contributed by atoms with Gasteiger partial charge in [-0.2, -0.15) is 13.2 Å². The summed E-state index contributed by atoms with van der Waals surface area (Å²) in [6.45, 7) is 4.09. The molecule has 0 radical (unpaired) electrons. The molecule has 0 unspecified atom stereocenters. The molecule has 1 aromatic carbocycles. The Kier molecular flexibility index (Phi) is 6.45. The number of ether oxygens (including phenoxy) is 1. The van der Waals surface area contributed by atoms with Crippen molar-refractivity contribution in [3.05, 3.63) is 40.7 Å². The first-order chi connectivity index (χ1) is 14.4. The van der Waals surface area contributed by atoms with Crippen molar-refractivity contribution in [2.75, 3.05) is 44.3 Å². The molecule has 2 saturated heterocycles. The molecule has 2 fully saturated rings. The quantitative estimate of drug-likeness (QED) is 0.664. The topological polar surface area (TPSA) is 38.5 Å². The van der Waals surface area contributed by atoms with E-state index in [1.165, 1.54) is 0 Å². The fraction of sp³-hybridized carbons (Fsp3) is 0.600. The first-order valence-corrected chi connectivity index (χ1v) is 10.7. The fourth-order valence-electron chi connectivity index (χ4n) is 4.06. The van der Waals surface area contributed by atoms with Crippen molar-refractivity contribution < 1.29 is 17.9 Å². The van der Waals surface area contributed by atoms with Gasteiger partial charge in [-0.15, -0.1) is 5.10 Å². The third-order valence-electron chi connectivity index (χ3n) is 5.68. The number of likely N-dealkylation sites (tertiary alicyclic amines) is 1. The summed E-state index contributed by atoms with van der Waals surface area (Å²) in [7, 11) is 0. The maximum atomic E-state index is 13.2. The molecule has 0 bridgehead atoms. The molecular formula is C20H26F3N5OS. The molecule has 0 amide bonds. The second-order valence-electron chi connectivity index (χ2n) is 7.85. The van der Waals surface area contributed by atoms with Gasteiger partial charge in [0.1, 0.15) is 0 Å². The van der Waals surface area contributed by atoms with Crippen LogP contribution in [0.4, 0.5) is 19.1 Å². The number of aromatic nitrogens is 3. The Bertz CT molecular complexity index is 892. The molecule has 3 heterocycles. The highest BCUT2D eigenvalue weighted by Gasteiger charge is 2.41. The minimum Gasteiger partial charge on any atom is -0.378 e. The number of halogens is 3. The van der Waals surface area contributed by atoms with Gasteiger partial charge in [0.05, 0.1) is 32.3 Å². The first-order valence-electron chi connectivity index (χ1n) is 10.2. The SMILES string of the molecule is FC(F)(F)[C@H]1CCCN(Cn2nc(N3CCOCC3)n(Cc3ccccc3)c2=S)C1.